The van der Waals surface area contributed by atoms with E-state index in [4.69, 9.17) is 22.9 Å². The van der Waals surface area contributed by atoms with Gasteiger partial charge in [-0.25, -0.2) is 0 Å². The lowest BCUT2D eigenvalue weighted by Gasteiger charge is -2.23. The maximum atomic E-state index is 13.4. The number of hydrogen-bond donors (Lipinski definition) is 7. The first kappa shape index (κ1) is 34.2. The van der Waals surface area contributed by atoms with Crippen molar-refractivity contribution in [2.75, 3.05) is 26.2 Å². The molecule has 11 nitrogen and oxygen atoms in total. The molecule has 0 unspecified atom stereocenters. The van der Waals surface area contributed by atoms with E-state index in [9.17, 15) is 14.4 Å². The number of carbonyl (C=O) groups excluding carboxylic acids is 3. The lowest BCUT2D eigenvalue weighted by atomic mass is 10.0. The number of rotatable bonds is 20. The molecule has 2 atom stereocenters. The van der Waals surface area contributed by atoms with Crippen LogP contribution in [0.1, 0.15) is 56.9 Å². The zero-order valence-electron chi connectivity index (χ0n) is 24.5. The van der Waals surface area contributed by atoms with Crippen LogP contribution in [-0.2, 0) is 20.8 Å². The molecule has 11 heteroatoms. The maximum Gasteiger partial charge on any atom is 0.243 e. The maximum absolute atomic E-state index is 13.4. The molecule has 0 saturated carbocycles. The number of amides is 3. The minimum Gasteiger partial charge on any atom is -0.370 e. The van der Waals surface area contributed by atoms with Gasteiger partial charge in [-0.15, -0.1) is 0 Å². The first-order valence-electron chi connectivity index (χ1n) is 14.8. The molecule has 0 fully saturated rings. The molecule has 0 aliphatic carbocycles. The molecule has 0 bridgehead atoms. The Morgan fingerprint density at radius 3 is 1.88 bits per heavy atom. The number of nitrogens with zero attached hydrogens (tertiary/aromatic N) is 1. The third kappa shape index (κ3) is 13.6. The molecule has 0 aliphatic heterocycles. The van der Waals surface area contributed by atoms with E-state index < -0.39 is 12.1 Å². The molecule has 0 aliphatic rings. The molecule has 0 saturated heterocycles. The molecule has 2 rings (SSSR count). The number of guanidine groups is 1. The van der Waals surface area contributed by atoms with Gasteiger partial charge in [0.2, 0.25) is 17.7 Å². The number of aliphatic imine (C=N–C) groups is 1. The molecule has 11 N–H and O–H groups in total. The molecule has 0 spiro atoms. The van der Waals surface area contributed by atoms with Gasteiger partial charge in [-0.3, -0.25) is 19.4 Å². The van der Waals surface area contributed by atoms with E-state index in [-0.39, 0.29) is 30.1 Å². The first-order chi connectivity index (χ1) is 20.3. The van der Waals surface area contributed by atoms with Crippen LogP contribution in [0.2, 0.25) is 0 Å². The van der Waals surface area contributed by atoms with Crippen LogP contribution in [-0.4, -0.2) is 61.9 Å². The van der Waals surface area contributed by atoms with Gasteiger partial charge in [0, 0.05) is 13.1 Å². The molecule has 2 aromatic rings. The second-order valence-electron chi connectivity index (χ2n) is 10.3. The molecule has 0 heterocycles. The topological polar surface area (TPSA) is 204 Å². The van der Waals surface area contributed by atoms with Crippen molar-refractivity contribution < 1.29 is 14.4 Å². The van der Waals surface area contributed by atoms with Gasteiger partial charge < -0.3 is 38.9 Å². The van der Waals surface area contributed by atoms with Crippen molar-refractivity contribution in [3.8, 4) is 11.1 Å². The van der Waals surface area contributed by atoms with Gasteiger partial charge in [-0.05, 0) is 81.1 Å². The van der Waals surface area contributed by atoms with E-state index in [1.54, 1.807) is 0 Å². The van der Waals surface area contributed by atoms with Crippen molar-refractivity contribution in [3.63, 3.8) is 0 Å². The van der Waals surface area contributed by atoms with Crippen LogP contribution in [0.3, 0.4) is 0 Å². The summed E-state index contributed by atoms with van der Waals surface area (Å²) in [5.74, 6) is -0.885. The molecule has 3 amide bonds. The summed E-state index contributed by atoms with van der Waals surface area (Å²) in [6, 6.07) is 16.3. The first-order valence-corrected chi connectivity index (χ1v) is 14.8. The Bertz CT molecular complexity index is 1100. The summed E-state index contributed by atoms with van der Waals surface area (Å²) in [6.07, 6.45) is 5.21. The Morgan fingerprint density at radius 2 is 1.29 bits per heavy atom. The fraction of sp³-hybridized carbons (Fsp3) is 0.484. The van der Waals surface area contributed by atoms with Crippen LogP contribution >= 0.6 is 0 Å². The van der Waals surface area contributed by atoms with Gasteiger partial charge in [0.15, 0.2) is 5.96 Å². The predicted octanol–water partition coefficient (Wildman–Crippen LogP) is 1.29. The highest BCUT2D eigenvalue weighted by molar-refractivity contribution is 5.92. The van der Waals surface area contributed by atoms with Gasteiger partial charge in [-0.2, -0.15) is 0 Å². The Hall–Kier alpha value is -3.96. The molecule has 42 heavy (non-hydrogen) atoms. The van der Waals surface area contributed by atoms with Crippen molar-refractivity contribution in [2.45, 2.75) is 69.9 Å². The van der Waals surface area contributed by atoms with E-state index in [2.05, 4.69) is 20.9 Å². The second-order valence-corrected chi connectivity index (χ2v) is 10.3. The third-order valence-electron chi connectivity index (χ3n) is 6.78. The Labute approximate surface area is 249 Å². The normalized spacial score (nSPS) is 12.1. The smallest absolute Gasteiger partial charge is 0.243 e. The standard InChI is InChI=1S/C31H48N8O3/c32-18-6-4-12-26(29(41)36-20-8-9-21-37-31(34)35)39-30(42)27(13-5-7-19-33)38-28(40)22-23-14-16-25(17-15-23)24-10-2-1-3-11-24/h1-3,10-11,14-17,26-27H,4-9,12-13,18-22,32-33H2,(H,36,41)(H,38,40)(H,39,42)(H4,34,35,37)/t26-,27+/m0/s1. The van der Waals surface area contributed by atoms with E-state index in [1.807, 2.05) is 54.6 Å². The molecule has 0 aromatic heterocycles. The van der Waals surface area contributed by atoms with Crippen LogP contribution < -0.4 is 38.9 Å². The number of hydrogen-bond acceptors (Lipinski definition) is 6. The molecule has 0 radical (unpaired) electrons. The van der Waals surface area contributed by atoms with Crippen LogP contribution in [0.5, 0.6) is 0 Å². The lowest BCUT2D eigenvalue weighted by molar-refractivity contribution is -0.132. The SMILES string of the molecule is NCCCC[C@H](NC(=O)[C@@H](CCCCN)NC(=O)Cc1ccc(-c2ccccc2)cc1)C(=O)NCCCCN=C(N)N. The summed E-state index contributed by atoms with van der Waals surface area (Å²) in [5, 5.41) is 8.64. The minimum absolute atomic E-state index is 0.0378. The average Bonchev–Trinajstić information content (AvgIpc) is 2.98. The second kappa shape index (κ2) is 20.0. The minimum atomic E-state index is -0.781. The number of nitrogens with one attached hydrogen (secondary N) is 3. The van der Waals surface area contributed by atoms with Crippen molar-refractivity contribution in [1.29, 1.82) is 0 Å². The summed E-state index contributed by atoms with van der Waals surface area (Å²) >= 11 is 0. The van der Waals surface area contributed by atoms with Crippen molar-refractivity contribution in [3.05, 3.63) is 60.2 Å². The van der Waals surface area contributed by atoms with Crippen LogP contribution in [0, 0.1) is 0 Å². The number of unbranched alkanes of at least 4 members (excludes halogenated alkanes) is 3. The Morgan fingerprint density at radius 1 is 0.690 bits per heavy atom. The highest BCUT2D eigenvalue weighted by Gasteiger charge is 2.26. The van der Waals surface area contributed by atoms with E-state index in [0.29, 0.717) is 64.7 Å². The zero-order chi connectivity index (χ0) is 30.6. The van der Waals surface area contributed by atoms with Crippen LogP contribution in [0.25, 0.3) is 11.1 Å². The Balaban J connectivity index is 1.99. The summed E-state index contributed by atoms with van der Waals surface area (Å²) in [7, 11) is 0. The van der Waals surface area contributed by atoms with Gasteiger partial charge >= 0.3 is 0 Å². The van der Waals surface area contributed by atoms with Gasteiger partial charge in [-0.1, -0.05) is 54.6 Å². The highest BCUT2D eigenvalue weighted by atomic mass is 16.2. The molecule has 230 valence electrons. The largest absolute Gasteiger partial charge is 0.370 e. The van der Waals surface area contributed by atoms with Gasteiger partial charge in [0.1, 0.15) is 12.1 Å². The van der Waals surface area contributed by atoms with Gasteiger partial charge in [0.25, 0.3) is 0 Å². The highest BCUT2D eigenvalue weighted by Crippen LogP contribution is 2.19. The molecular weight excluding hydrogens is 532 g/mol. The van der Waals surface area contributed by atoms with Crippen molar-refractivity contribution in [2.24, 2.45) is 27.9 Å². The molecular formula is C31H48N8O3. The van der Waals surface area contributed by atoms with Crippen molar-refractivity contribution >= 4 is 23.7 Å². The fourth-order valence-electron chi connectivity index (χ4n) is 4.45. The molecule has 2 aromatic carbocycles. The quantitative estimate of drug-likeness (QED) is 0.0694. The van der Waals surface area contributed by atoms with E-state index in [0.717, 1.165) is 29.5 Å². The monoisotopic (exact) mass is 580 g/mol. The average molecular weight is 581 g/mol. The third-order valence-corrected chi connectivity index (χ3v) is 6.78. The van der Waals surface area contributed by atoms with Crippen molar-refractivity contribution in [1.82, 2.24) is 16.0 Å². The van der Waals surface area contributed by atoms with Crippen LogP contribution in [0.4, 0.5) is 0 Å². The van der Waals surface area contributed by atoms with E-state index in [1.165, 1.54) is 0 Å². The van der Waals surface area contributed by atoms with Gasteiger partial charge in [0.05, 0.1) is 6.42 Å². The zero-order valence-corrected chi connectivity index (χ0v) is 24.5. The summed E-state index contributed by atoms with van der Waals surface area (Å²) in [6.45, 7) is 1.90. The summed E-state index contributed by atoms with van der Waals surface area (Å²) in [4.78, 5) is 43.2. The number of carbonyl (C=O) groups is 3. The predicted molar refractivity (Wildman–Crippen MR) is 168 cm³/mol. The fourth-order valence-corrected chi connectivity index (χ4v) is 4.45. The summed E-state index contributed by atoms with van der Waals surface area (Å²) in [5.41, 5.74) is 25.0. The number of nitrogens with two attached hydrogens (primary N) is 4. The Kier molecular flexibility index (Phi) is 16.3. The van der Waals surface area contributed by atoms with Crippen LogP contribution in [0.15, 0.2) is 59.6 Å². The van der Waals surface area contributed by atoms with E-state index >= 15 is 0 Å². The lowest BCUT2D eigenvalue weighted by Crippen LogP contribution is -2.54. The summed E-state index contributed by atoms with van der Waals surface area (Å²) < 4.78 is 0. The number of benzene rings is 2.